The molecule has 0 saturated carbocycles. The Labute approximate surface area is 162 Å². The van der Waals surface area contributed by atoms with Crippen LogP contribution in [0.1, 0.15) is 11.1 Å². The van der Waals surface area contributed by atoms with Crippen molar-refractivity contribution in [2.45, 2.75) is 19.0 Å². The van der Waals surface area contributed by atoms with Crippen LogP contribution < -0.4 is 4.74 Å². The van der Waals surface area contributed by atoms with Crippen LogP contribution in [-0.4, -0.2) is 49.1 Å². The van der Waals surface area contributed by atoms with Gasteiger partial charge in [-0.25, -0.2) is 9.59 Å². The minimum absolute atomic E-state index is 0.257. The molecular formula is C21H21NO6. The number of nitrogens with zero attached hydrogens (tertiary/aromatic N) is 1. The maximum absolute atomic E-state index is 12.6. The molecule has 1 atom stereocenters. The van der Waals surface area contributed by atoms with Crippen LogP contribution in [0, 0.1) is 0 Å². The van der Waals surface area contributed by atoms with Crippen molar-refractivity contribution in [3.63, 3.8) is 0 Å². The first kappa shape index (κ1) is 19.4. The molecule has 0 radical (unpaired) electrons. The fourth-order valence-corrected chi connectivity index (χ4v) is 3.06. The lowest BCUT2D eigenvalue weighted by Crippen LogP contribution is -2.50. The number of benzene rings is 2. The zero-order chi connectivity index (χ0) is 19.9. The number of amides is 1. The summed E-state index contributed by atoms with van der Waals surface area (Å²) in [5.74, 6) is -1.09. The second-order valence-corrected chi connectivity index (χ2v) is 6.30. The molecule has 146 valence electrons. The summed E-state index contributed by atoms with van der Waals surface area (Å²) in [7, 11) is 1.28. The lowest BCUT2D eigenvalue weighted by molar-refractivity contribution is -0.160. The van der Waals surface area contributed by atoms with E-state index < -0.39 is 30.5 Å². The summed E-state index contributed by atoms with van der Waals surface area (Å²) in [6.45, 7) is -0.514. The maximum atomic E-state index is 12.6. The third-order valence-electron chi connectivity index (χ3n) is 4.50. The number of carbonyl (C=O) groups excluding carboxylic acids is 3. The van der Waals surface area contributed by atoms with Gasteiger partial charge in [-0.1, -0.05) is 42.5 Å². The van der Waals surface area contributed by atoms with Crippen molar-refractivity contribution >= 4 is 17.8 Å². The monoisotopic (exact) mass is 383 g/mol. The van der Waals surface area contributed by atoms with E-state index in [9.17, 15) is 14.4 Å². The molecule has 1 amide bonds. The van der Waals surface area contributed by atoms with E-state index >= 15 is 0 Å². The quantitative estimate of drug-likeness (QED) is 0.707. The molecule has 3 rings (SSSR count). The van der Waals surface area contributed by atoms with E-state index in [1.807, 2.05) is 30.3 Å². The van der Waals surface area contributed by atoms with Gasteiger partial charge in [0.2, 0.25) is 0 Å². The van der Waals surface area contributed by atoms with Gasteiger partial charge in [0.05, 0.1) is 7.11 Å². The van der Waals surface area contributed by atoms with Gasteiger partial charge in [0.25, 0.3) is 5.91 Å². The molecule has 0 unspecified atom stereocenters. The van der Waals surface area contributed by atoms with Gasteiger partial charge in [0.1, 0.15) is 11.8 Å². The highest BCUT2D eigenvalue weighted by atomic mass is 16.6. The highest BCUT2D eigenvalue weighted by Gasteiger charge is 2.35. The van der Waals surface area contributed by atoms with Crippen LogP contribution in [0.25, 0.3) is 0 Å². The first-order chi connectivity index (χ1) is 13.6. The summed E-state index contributed by atoms with van der Waals surface area (Å²) in [5.41, 5.74) is 1.95. The summed E-state index contributed by atoms with van der Waals surface area (Å²) in [6, 6.07) is 15.7. The van der Waals surface area contributed by atoms with Gasteiger partial charge < -0.3 is 19.1 Å². The van der Waals surface area contributed by atoms with E-state index in [1.165, 1.54) is 12.0 Å². The molecule has 7 heteroatoms. The topological polar surface area (TPSA) is 82.1 Å². The average Bonchev–Trinajstić information content (AvgIpc) is 2.75. The Hall–Kier alpha value is -3.35. The SMILES string of the molecule is COC(=O)[C@@H]1Cc2ccccc2CN1C(=O)COC(=O)COc1ccccc1. The summed E-state index contributed by atoms with van der Waals surface area (Å²) in [6.07, 6.45) is 0.361. The molecule has 1 aliphatic heterocycles. The Bertz CT molecular complexity index is 851. The second-order valence-electron chi connectivity index (χ2n) is 6.30. The molecule has 1 heterocycles. The second kappa shape index (κ2) is 9.03. The Kier molecular flexibility index (Phi) is 6.26. The zero-order valence-electron chi connectivity index (χ0n) is 15.5. The maximum Gasteiger partial charge on any atom is 0.344 e. The van der Waals surface area contributed by atoms with Crippen molar-refractivity contribution in [2.24, 2.45) is 0 Å². The van der Waals surface area contributed by atoms with E-state index in [-0.39, 0.29) is 13.2 Å². The standard InChI is InChI=1S/C21H21NO6/c1-26-21(25)18-11-15-7-5-6-8-16(15)12-22(18)19(23)13-28-20(24)14-27-17-9-3-2-4-10-17/h2-10,18H,11-14H2,1H3/t18-/m0/s1. The number of hydrogen-bond donors (Lipinski definition) is 0. The molecule has 0 N–H and O–H groups in total. The van der Waals surface area contributed by atoms with Crippen molar-refractivity contribution in [1.82, 2.24) is 4.90 Å². The highest BCUT2D eigenvalue weighted by molar-refractivity contribution is 5.87. The van der Waals surface area contributed by atoms with E-state index in [0.717, 1.165) is 11.1 Å². The first-order valence-electron chi connectivity index (χ1n) is 8.86. The zero-order valence-corrected chi connectivity index (χ0v) is 15.5. The molecule has 28 heavy (non-hydrogen) atoms. The number of methoxy groups -OCH3 is 1. The van der Waals surface area contributed by atoms with Crippen LogP contribution in [0.5, 0.6) is 5.75 Å². The molecule has 0 bridgehead atoms. The van der Waals surface area contributed by atoms with Crippen LogP contribution in [0.3, 0.4) is 0 Å². The molecule has 0 aliphatic carbocycles. The number of carbonyl (C=O) groups is 3. The molecule has 0 fully saturated rings. The van der Waals surface area contributed by atoms with Crippen LogP contribution in [-0.2, 0) is 36.8 Å². The third-order valence-corrected chi connectivity index (χ3v) is 4.50. The third kappa shape index (κ3) is 4.68. The van der Waals surface area contributed by atoms with Crippen molar-refractivity contribution in [3.8, 4) is 5.75 Å². The van der Waals surface area contributed by atoms with Gasteiger partial charge in [0.15, 0.2) is 13.2 Å². The lowest BCUT2D eigenvalue weighted by Gasteiger charge is -2.35. The summed E-state index contributed by atoms with van der Waals surface area (Å²) in [4.78, 5) is 38.0. The van der Waals surface area contributed by atoms with E-state index in [1.54, 1.807) is 24.3 Å². The number of para-hydroxylation sites is 1. The van der Waals surface area contributed by atoms with Crippen LogP contribution in [0.15, 0.2) is 54.6 Å². The van der Waals surface area contributed by atoms with Crippen LogP contribution >= 0.6 is 0 Å². The Balaban J connectivity index is 1.58. The Morgan fingerprint density at radius 3 is 2.36 bits per heavy atom. The average molecular weight is 383 g/mol. The fourth-order valence-electron chi connectivity index (χ4n) is 3.06. The number of hydrogen-bond acceptors (Lipinski definition) is 6. The van der Waals surface area contributed by atoms with Crippen molar-refractivity contribution in [1.29, 1.82) is 0 Å². The minimum atomic E-state index is -0.744. The van der Waals surface area contributed by atoms with Crippen LogP contribution in [0.4, 0.5) is 0 Å². The van der Waals surface area contributed by atoms with Gasteiger partial charge in [-0.05, 0) is 23.3 Å². The van der Waals surface area contributed by atoms with Gasteiger partial charge in [0, 0.05) is 13.0 Å². The van der Waals surface area contributed by atoms with Crippen molar-refractivity contribution in [2.75, 3.05) is 20.3 Å². The fraction of sp³-hybridized carbons (Fsp3) is 0.286. The van der Waals surface area contributed by atoms with E-state index in [4.69, 9.17) is 14.2 Å². The van der Waals surface area contributed by atoms with E-state index in [0.29, 0.717) is 12.2 Å². The minimum Gasteiger partial charge on any atom is -0.482 e. The summed E-state index contributed by atoms with van der Waals surface area (Å²) < 4.78 is 15.2. The molecule has 0 spiro atoms. The highest BCUT2D eigenvalue weighted by Crippen LogP contribution is 2.24. The number of rotatable bonds is 6. The van der Waals surface area contributed by atoms with Gasteiger partial charge in [-0.3, -0.25) is 4.79 Å². The molecule has 2 aromatic carbocycles. The predicted molar refractivity (Wildman–Crippen MR) is 99.4 cm³/mol. The first-order valence-corrected chi connectivity index (χ1v) is 8.86. The normalized spacial score (nSPS) is 15.3. The summed E-state index contributed by atoms with van der Waals surface area (Å²) >= 11 is 0. The van der Waals surface area contributed by atoms with Gasteiger partial charge in [-0.2, -0.15) is 0 Å². The Morgan fingerprint density at radius 2 is 1.64 bits per heavy atom. The lowest BCUT2D eigenvalue weighted by atomic mass is 9.94. The number of ether oxygens (including phenoxy) is 3. The number of fused-ring (bicyclic) bond motifs is 1. The summed E-state index contributed by atoms with van der Waals surface area (Å²) in [5, 5.41) is 0. The molecule has 2 aromatic rings. The molecule has 0 saturated heterocycles. The van der Waals surface area contributed by atoms with Gasteiger partial charge in [-0.15, -0.1) is 0 Å². The largest absolute Gasteiger partial charge is 0.482 e. The Morgan fingerprint density at radius 1 is 0.964 bits per heavy atom. The van der Waals surface area contributed by atoms with Crippen molar-refractivity contribution in [3.05, 3.63) is 65.7 Å². The van der Waals surface area contributed by atoms with Gasteiger partial charge >= 0.3 is 11.9 Å². The predicted octanol–water partition coefficient (Wildman–Crippen LogP) is 1.74. The molecule has 0 aromatic heterocycles. The van der Waals surface area contributed by atoms with Crippen LogP contribution in [0.2, 0.25) is 0 Å². The smallest absolute Gasteiger partial charge is 0.344 e. The van der Waals surface area contributed by atoms with E-state index in [2.05, 4.69) is 0 Å². The molecule has 1 aliphatic rings. The van der Waals surface area contributed by atoms with Crippen molar-refractivity contribution < 1.29 is 28.6 Å². The molecular weight excluding hydrogens is 362 g/mol. The molecule has 7 nitrogen and oxygen atoms in total. The number of esters is 2.